The van der Waals surface area contributed by atoms with E-state index in [9.17, 15) is 10.1 Å². The summed E-state index contributed by atoms with van der Waals surface area (Å²) in [7, 11) is 0. The Morgan fingerprint density at radius 1 is 1.47 bits per heavy atom. The van der Waals surface area contributed by atoms with Gasteiger partial charge >= 0.3 is 0 Å². The molecule has 0 bridgehead atoms. The van der Waals surface area contributed by atoms with Crippen LogP contribution in [0.5, 0.6) is 0 Å². The van der Waals surface area contributed by atoms with E-state index in [1.165, 1.54) is 0 Å². The molecule has 2 aliphatic carbocycles. The molecule has 0 aromatic rings. The zero-order chi connectivity index (χ0) is 13.6. The van der Waals surface area contributed by atoms with E-state index in [1.807, 2.05) is 6.08 Å². The van der Waals surface area contributed by atoms with Gasteiger partial charge in [-0.05, 0) is 31.6 Å². The second kappa shape index (κ2) is 4.35. The van der Waals surface area contributed by atoms with Crippen LogP contribution in [0.3, 0.4) is 0 Å². The molecular weight excluding hydrogens is 238 g/mol. The Bertz CT molecular complexity index is 447. The van der Waals surface area contributed by atoms with E-state index in [2.05, 4.69) is 12.6 Å². The van der Waals surface area contributed by atoms with Crippen LogP contribution in [0, 0.1) is 22.7 Å². The average molecular weight is 259 g/mol. The number of likely N-dealkylation sites (tertiary alicyclic amines) is 1. The van der Waals surface area contributed by atoms with Crippen molar-refractivity contribution in [2.45, 2.75) is 56.7 Å². The lowest BCUT2D eigenvalue weighted by molar-refractivity contribution is -0.136. The van der Waals surface area contributed by atoms with E-state index in [4.69, 9.17) is 5.73 Å². The van der Waals surface area contributed by atoms with Crippen LogP contribution < -0.4 is 5.73 Å². The number of rotatable bonds is 3. The van der Waals surface area contributed by atoms with Gasteiger partial charge in [0.15, 0.2) is 0 Å². The molecule has 2 saturated carbocycles. The zero-order valence-electron chi connectivity index (χ0n) is 11.2. The van der Waals surface area contributed by atoms with Gasteiger partial charge in [-0.25, -0.2) is 0 Å². The van der Waals surface area contributed by atoms with Crippen molar-refractivity contribution < 1.29 is 4.79 Å². The normalized spacial score (nSPS) is 36.4. The number of nitrogens with zero attached hydrogens (tertiary/aromatic N) is 2. The maximum Gasteiger partial charge on any atom is 0.241 e. The van der Waals surface area contributed by atoms with Gasteiger partial charge in [0.2, 0.25) is 5.91 Å². The molecule has 3 unspecified atom stereocenters. The molecule has 1 saturated heterocycles. The molecule has 4 atom stereocenters. The van der Waals surface area contributed by atoms with E-state index in [0.717, 1.165) is 38.5 Å². The summed E-state index contributed by atoms with van der Waals surface area (Å²) in [6, 6.07) is 1.76. The third-order valence-corrected chi connectivity index (χ3v) is 5.33. The largest absolute Gasteiger partial charge is 0.322 e. The minimum Gasteiger partial charge on any atom is -0.322 e. The summed E-state index contributed by atoms with van der Waals surface area (Å²) in [5, 5.41) is 9.19. The minimum absolute atomic E-state index is 0.0293. The lowest BCUT2D eigenvalue weighted by Crippen LogP contribution is -2.54. The summed E-state index contributed by atoms with van der Waals surface area (Å²) in [5.74, 6) is 0.516. The number of amides is 1. The monoisotopic (exact) mass is 259 g/mol. The van der Waals surface area contributed by atoms with E-state index in [1.54, 1.807) is 4.90 Å². The van der Waals surface area contributed by atoms with Crippen molar-refractivity contribution in [2.24, 2.45) is 17.1 Å². The molecule has 1 aliphatic heterocycles. The molecule has 1 amide bonds. The highest BCUT2D eigenvalue weighted by molar-refractivity contribution is 5.84. The van der Waals surface area contributed by atoms with Crippen LogP contribution >= 0.6 is 0 Å². The van der Waals surface area contributed by atoms with Gasteiger partial charge in [-0.15, -0.1) is 6.58 Å². The standard InChI is InChI=1S/C15H21N3O/c1-2-15(5-3-4-6-15)13(17)14(19)18-11(9-16)7-10-8-12(10)18/h2,10-13H,1,3-8,17H2/t10?,11?,12-,13?/m0/s1. The minimum atomic E-state index is -0.525. The summed E-state index contributed by atoms with van der Waals surface area (Å²) in [5.41, 5.74) is 6.03. The molecule has 0 aromatic heterocycles. The molecule has 0 spiro atoms. The Morgan fingerprint density at radius 3 is 2.74 bits per heavy atom. The number of nitrogens with two attached hydrogens (primary N) is 1. The van der Waals surface area contributed by atoms with Crippen molar-refractivity contribution in [3.8, 4) is 6.07 Å². The number of fused-ring (bicyclic) bond motifs is 1. The van der Waals surface area contributed by atoms with Gasteiger partial charge in [-0.3, -0.25) is 4.79 Å². The molecule has 1 heterocycles. The van der Waals surface area contributed by atoms with Gasteiger partial charge in [-0.2, -0.15) is 5.26 Å². The number of hydrogen-bond acceptors (Lipinski definition) is 3. The number of carbonyl (C=O) groups excluding carboxylic acids is 1. The fraction of sp³-hybridized carbons (Fsp3) is 0.733. The Hall–Kier alpha value is -1.34. The predicted octanol–water partition coefficient (Wildman–Crippen LogP) is 1.57. The van der Waals surface area contributed by atoms with Crippen molar-refractivity contribution in [1.82, 2.24) is 4.90 Å². The summed E-state index contributed by atoms with van der Waals surface area (Å²) >= 11 is 0. The third kappa shape index (κ3) is 1.80. The Morgan fingerprint density at radius 2 is 2.16 bits per heavy atom. The first-order chi connectivity index (χ1) is 9.13. The second-order valence-electron chi connectivity index (χ2n) is 6.31. The van der Waals surface area contributed by atoms with E-state index in [0.29, 0.717) is 5.92 Å². The smallest absolute Gasteiger partial charge is 0.241 e. The van der Waals surface area contributed by atoms with Gasteiger partial charge in [0.05, 0.1) is 12.1 Å². The molecule has 0 radical (unpaired) electrons. The highest BCUT2D eigenvalue weighted by atomic mass is 16.2. The molecule has 4 nitrogen and oxygen atoms in total. The van der Waals surface area contributed by atoms with Gasteiger partial charge in [0, 0.05) is 11.5 Å². The highest BCUT2D eigenvalue weighted by Crippen LogP contribution is 2.49. The summed E-state index contributed by atoms with van der Waals surface area (Å²) in [4.78, 5) is 14.5. The average Bonchev–Trinajstić information content (AvgIpc) is 2.91. The SMILES string of the molecule is C=CC1(C(N)C(=O)N2C(C#N)CC3C[C@@H]32)CCCC1. The molecule has 19 heavy (non-hydrogen) atoms. The molecular formula is C15H21N3O. The van der Waals surface area contributed by atoms with Crippen LogP contribution in [-0.2, 0) is 4.79 Å². The highest BCUT2D eigenvalue weighted by Gasteiger charge is 2.56. The van der Waals surface area contributed by atoms with Crippen LogP contribution in [0.25, 0.3) is 0 Å². The molecule has 102 valence electrons. The van der Waals surface area contributed by atoms with Gasteiger partial charge in [-0.1, -0.05) is 18.9 Å². The zero-order valence-corrected chi connectivity index (χ0v) is 11.2. The third-order valence-electron chi connectivity index (χ3n) is 5.33. The van der Waals surface area contributed by atoms with Gasteiger partial charge in [0.25, 0.3) is 0 Å². The first-order valence-electron chi connectivity index (χ1n) is 7.24. The lowest BCUT2D eigenvalue weighted by atomic mass is 9.78. The van der Waals surface area contributed by atoms with Crippen molar-refractivity contribution in [1.29, 1.82) is 5.26 Å². The van der Waals surface area contributed by atoms with Crippen LogP contribution in [0.1, 0.15) is 38.5 Å². The molecule has 3 rings (SSSR count). The van der Waals surface area contributed by atoms with Crippen molar-refractivity contribution >= 4 is 5.91 Å². The molecule has 3 aliphatic rings. The Balaban J connectivity index is 1.80. The van der Waals surface area contributed by atoms with Crippen molar-refractivity contribution in [3.63, 3.8) is 0 Å². The summed E-state index contributed by atoms with van der Waals surface area (Å²) < 4.78 is 0. The molecule has 0 aromatic carbocycles. The van der Waals surface area contributed by atoms with E-state index in [-0.39, 0.29) is 23.4 Å². The summed E-state index contributed by atoms with van der Waals surface area (Å²) in [6.07, 6.45) is 7.88. The molecule has 4 heteroatoms. The Labute approximate surface area is 114 Å². The van der Waals surface area contributed by atoms with E-state index >= 15 is 0 Å². The van der Waals surface area contributed by atoms with E-state index < -0.39 is 6.04 Å². The maximum absolute atomic E-state index is 12.7. The lowest BCUT2D eigenvalue weighted by Gasteiger charge is -2.35. The predicted molar refractivity (Wildman–Crippen MR) is 71.8 cm³/mol. The fourth-order valence-electron chi connectivity index (χ4n) is 3.97. The first-order valence-corrected chi connectivity index (χ1v) is 7.24. The Kier molecular flexibility index (Phi) is 2.90. The van der Waals surface area contributed by atoms with Gasteiger partial charge < -0.3 is 10.6 Å². The molecule has 2 N–H and O–H groups in total. The molecule has 3 fully saturated rings. The number of carbonyl (C=O) groups is 1. The number of hydrogen-bond donors (Lipinski definition) is 1. The van der Waals surface area contributed by atoms with Crippen molar-refractivity contribution in [3.05, 3.63) is 12.7 Å². The van der Waals surface area contributed by atoms with Crippen LogP contribution in [0.15, 0.2) is 12.7 Å². The van der Waals surface area contributed by atoms with Crippen LogP contribution in [0.2, 0.25) is 0 Å². The first kappa shape index (κ1) is 12.7. The maximum atomic E-state index is 12.7. The topological polar surface area (TPSA) is 70.1 Å². The number of nitriles is 1. The van der Waals surface area contributed by atoms with Gasteiger partial charge in [0.1, 0.15) is 6.04 Å². The quantitative estimate of drug-likeness (QED) is 0.782. The summed E-state index contributed by atoms with van der Waals surface area (Å²) in [6.45, 7) is 3.90. The van der Waals surface area contributed by atoms with Crippen LogP contribution in [-0.4, -0.2) is 28.9 Å². The van der Waals surface area contributed by atoms with Crippen LogP contribution in [0.4, 0.5) is 0 Å². The van der Waals surface area contributed by atoms with Crippen molar-refractivity contribution in [2.75, 3.05) is 0 Å². The number of piperidine rings is 1. The fourth-order valence-corrected chi connectivity index (χ4v) is 3.97. The second-order valence-corrected chi connectivity index (χ2v) is 6.31.